The summed E-state index contributed by atoms with van der Waals surface area (Å²) in [5, 5.41) is 3.50. The quantitative estimate of drug-likeness (QED) is 0.165. The van der Waals surface area contributed by atoms with E-state index in [2.05, 4.69) is 58.3 Å². The zero-order valence-corrected chi connectivity index (χ0v) is 29.9. The predicted octanol–water partition coefficient (Wildman–Crippen LogP) is 6.72. The van der Waals surface area contributed by atoms with E-state index in [-0.39, 0.29) is 27.1 Å². The molecule has 0 aromatic rings. The number of nitrogens with zero attached hydrogens (tertiary/aromatic N) is 1. The van der Waals surface area contributed by atoms with Crippen molar-refractivity contribution in [3.8, 4) is 0 Å². The molecule has 0 radical (unpaired) electrons. The summed E-state index contributed by atoms with van der Waals surface area (Å²) in [6.45, 7) is 24.2. The minimum Gasteiger partial charge on any atom is -0.356 e. The van der Waals surface area contributed by atoms with Crippen LogP contribution in [0.25, 0.3) is 0 Å². The molecule has 0 bridgehead atoms. The molecular formula is C39H68N4O2. The Hall–Kier alpha value is -1.24. The smallest absolute Gasteiger partial charge is 0.226 e. The van der Waals surface area contributed by atoms with Gasteiger partial charge in [-0.25, -0.2) is 0 Å². The van der Waals surface area contributed by atoms with Gasteiger partial charge in [0.2, 0.25) is 5.91 Å². The Balaban J connectivity index is 1.35. The van der Waals surface area contributed by atoms with Crippen LogP contribution >= 0.6 is 0 Å². The Bertz CT molecular complexity index is 1110. The fourth-order valence-corrected chi connectivity index (χ4v) is 13.0. The molecule has 6 nitrogen and oxygen atoms in total. The van der Waals surface area contributed by atoms with Crippen LogP contribution < -0.4 is 16.8 Å². The van der Waals surface area contributed by atoms with Crippen molar-refractivity contribution in [3.63, 3.8) is 0 Å². The Morgan fingerprint density at radius 2 is 1.51 bits per heavy atom. The Morgan fingerprint density at radius 1 is 0.844 bits per heavy atom. The van der Waals surface area contributed by atoms with Gasteiger partial charge in [-0.1, -0.05) is 46.8 Å². The highest BCUT2D eigenvalue weighted by Crippen LogP contribution is 2.77. The first-order valence-corrected chi connectivity index (χ1v) is 18.8. The molecule has 0 unspecified atom stereocenters. The molecule has 5 saturated carbocycles. The molecule has 1 amide bonds. The summed E-state index contributed by atoms with van der Waals surface area (Å²) in [6.07, 6.45) is 13.9. The summed E-state index contributed by atoms with van der Waals surface area (Å²) in [6, 6.07) is 0. The van der Waals surface area contributed by atoms with Crippen molar-refractivity contribution in [2.24, 2.45) is 68.1 Å². The number of carbonyl (C=O) groups excluding carboxylic acids is 2. The molecule has 0 saturated heterocycles. The van der Waals surface area contributed by atoms with Gasteiger partial charge < -0.3 is 21.7 Å². The topological polar surface area (TPSA) is 101 Å². The van der Waals surface area contributed by atoms with Crippen LogP contribution in [0.4, 0.5) is 0 Å². The van der Waals surface area contributed by atoms with Gasteiger partial charge in [-0.2, -0.15) is 0 Å². The zero-order valence-electron chi connectivity index (χ0n) is 29.9. The van der Waals surface area contributed by atoms with Crippen LogP contribution in [-0.2, 0) is 9.59 Å². The van der Waals surface area contributed by atoms with Crippen LogP contribution in [0.3, 0.4) is 0 Å². The molecule has 5 fully saturated rings. The number of hydrogen-bond donors (Lipinski definition) is 3. The number of ketones is 1. The van der Waals surface area contributed by atoms with Gasteiger partial charge in [0, 0.05) is 18.4 Å². The Labute approximate surface area is 275 Å². The maximum atomic E-state index is 14.4. The van der Waals surface area contributed by atoms with E-state index >= 15 is 0 Å². The number of nitrogens with two attached hydrogens (primary N) is 2. The van der Waals surface area contributed by atoms with Crippen molar-refractivity contribution in [1.82, 2.24) is 10.2 Å². The highest BCUT2D eigenvalue weighted by Gasteiger charge is 2.71. The van der Waals surface area contributed by atoms with Gasteiger partial charge in [-0.3, -0.25) is 9.59 Å². The molecule has 0 aliphatic heterocycles. The average molecular weight is 625 g/mol. The van der Waals surface area contributed by atoms with Crippen LogP contribution in [0.2, 0.25) is 0 Å². The van der Waals surface area contributed by atoms with Crippen LogP contribution in [0.15, 0.2) is 12.2 Å². The summed E-state index contributed by atoms with van der Waals surface area (Å²) in [4.78, 5) is 30.0. The second-order valence-corrected chi connectivity index (χ2v) is 17.7. The molecule has 6 heteroatoms. The van der Waals surface area contributed by atoms with Gasteiger partial charge in [0.05, 0.1) is 5.41 Å². The van der Waals surface area contributed by atoms with E-state index in [0.717, 1.165) is 84.0 Å². The van der Waals surface area contributed by atoms with Gasteiger partial charge >= 0.3 is 0 Å². The number of carbonyl (C=O) groups is 2. The van der Waals surface area contributed by atoms with Crippen LogP contribution in [0.5, 0.6) is 0 Å². The SMILES string of the molecule is C=C(C)[C@@H]1CC[C@]2(C(=O)NCCCN(CCCN)CCCN)CC[C@]3(C)[C@H](CC[C@@H]4[C@@]5(C)CCC(=O)C(C)(C)[C@@H]5CC[C@]43C)[C@@H]12. The lowest BCUT2D eigenvalue weighted by molar-refractivity contribution is -0.233. The number of nitrogens with one attached hydrogen (secondary N) is 1. The van der Waals surface area contributed by atoms with Crippen molar-refractivity contribution in [2.75, 3.05) is 39.3 Å². The maximum absolute atomic E-state index is 14.4. The van der Waals surface area contributed by atoms with Gasteiger partial charge in [0.15, 0.2) is 0 Å². The highest BCUT2D eigenvalue weighted by molar-refractivity contribution is 5.85. The molecule has 0 aromatic heterocycles. The van der Waals surface area contributed by atoms with Crippen LogP contribution in [-0.4, -0.2) is 55.9 Å². The molecule has 0 spiro atoms. The molecule has 5 aliphatic rings. The van der Waals surface area contributed by atoms with Gasteiger partial charge in [0.25, 0.3) is 0 Å². The molecule has 5 N–H and O–H groups in total. The van der Waals surface area contributed by atoms with Crippen molar-refractivity contribution in [2.45, 2.75) is 125 Å². The third kappa shape index (κ3) is 5.59. The zero-order chi connectivity index (χ0) is 32.8. The van der Waals surface area contributed by atoms with E-state index in [1.165, 1.54) is 31.3 Å². The number of hydrogen-bond acceptors (Lipinski definition) is 5. The summed E-state index contributed by atoms with van der Waals surface area (Å²) in [5.41, 5.74) is 13.0. The fraction of sp³-hybridized carbons (Fsp3) is 0.897. The van der Waals surface area contributed by atoms with Crippen LogP contribution in [0.1, 0.15) is 125 Å². The summed E-state index contributed by atoms with van der Waals surface area (Å²) >= 11 is 0. The lowest BCUT2D eigenvalue weighted by Crippen LogP contribution is -2.67. The lowest BCUT2D eigenvalue weighted by atomic mass is 9.32. The fourth-order valence-electron chi connectivity index (χ4n) is 13.0. The lowest BCUT2D eigenvalue weighted by Gasteiger charge is -2.72. The first-order chi connectivity index (χ1) is 21.2. The standard InChI is InChI=1S/C39H68N4O2/c1-27(2)28-13-18-39(34(45)42-23-10-26-43(24-8-21-40)25-9-22-41)20-19-37(6)29(33(28)39)11-12-31-36(5)16-15-32(44)35(3,4)30(36)14-17-38(31,37)7/h28-31,33H,1,8-26,40-41H2,2-7H3,(H,42,45)/t28-,29+,30-,31+,33+,36-,37+,38+,39-/m0/s1. The monoisotopic (exact) mass is 625 g/mol. The minimum atomic E-state index is -0.268. The van der Waals surface area contributed by atoms with Crippen molar-refractivity contribution in [3.05, 3.63) is 12.2 Å². The molecule has 0 heterocycles. The Morgan fingerprint density at radius 3 is 2.16 bits per heavy atom. The molecule has 9 atom stereocenters. The third-order valence-electron chi connectivity index (χ3n) is 15.6. The average Bonchev–Trinajstić information content (AvgIpc) is 3.40. The molecule has 256 valence electrons. The second-order valence-electron chi connectivity index (χ2n) is 17.7. The number of allylic oxidation sites excluding steroid dienone is 1. The van der Waals surface area contributed by atoms with E-state index < -0.39 is 0 Å². The first-order valence-electron chi connectivity index (χ1n) is 18.8. The van der Waals surface area contributed by atoms with Crippen LogP contribution in [0, 0.1) is 56.7 Å². The molecule has 5 rings (SSSR count). The number of Topliss-reactive ketones (excluding diaryl/α,β-unsaturated/α-hetero) is 1. The predicted molar refractivity (Wildman–Crippen MR) is 185 cm³/mol. The summed E-state index contributed by atoms with van der Waals surface area (Å²) < 4.78 is 0. The van der Waals surface area contributed by atoms with Crippen molar-refractivity contribution >= 4 is 11.7 Å². The summed E-state index contributed by atoms with van der Waals surface area (Å²) in [5.74, 6) is 3.29. The van der Waals surface area contributed by atoms with E-state index in [4.69, 9.17) is 11.5 Å². The van der Waals surface area contributed by atoms with E-state index in [1.54, 1.807) is 0 Å². The summed E-state index contributed by atoms with van der Waals surface area (Å²) in [7, 11) is 0. The maximum Gasteiger partial charge on any atom is 0.226 e. The second kappa shape index (κ2) is 13.0. The molecule has 45 heavy (non-hydrogen) atoms. The van der Waals surface area contributed by atoms with E-state index in [9.17, 15) is 9.59 Å². The van der Waals surface area contributed by atoms with Gasteiger partial charge in [0.1, 0.15) is 5.78 Å². The highest BCUT2D eigenvalue weighted by atomic mass is 16.2. The number of fused-ring (bicyclic) bond motifs is 7. The van der Waals surface area contributed by atoms with E-state index in [0.29, 0.717) is 54.4 Å². The van der Waals surface area contributed by atoms with Gasteiger partial charge in [-0.05, 0) is 163 Å². The number of amides is 1. The molecular weight excluding hydrogens is 556 g/mol. The number of rotatable bonds is 12. The normalized spacial score (nSPS) is 42.0. The van der Waals surface area contributed by atoms with Crippen molar-refractivity contribution < 1.29 is 9.59 Å². The first kappa shape index (κ1) is 35.1. The largest absolute Gasteiger partial charge is 0.356 e. The third-order valence-corrected chi connectivity index (χ3v) is 15.6. The molecule has 0 aromatic carbocycles. The Kier molecular flexibility index (Phi) is 10.1. The van der Waals surface area contributed by atoms with Gasteiger partial charge in [-0.15, -0.1) is 0 Å². The minimum absolute atomic E-state index is 0.203. The molecule has 5 aliphatic carbocycles. The van der Waals surface area contributed by atoms with Crippen molar-refractivity contribution in [1.29, 1.82) is 0 Å². The van der Waals surface area contributed by atoms with E-state index in [1.807, 2.05) is 0 Å².